The van der Waals surface area contributed by atoms with Crippen LogP contribution in [0.1, 0.15) is 31.4 Å². The zero-order chi connectivity index (χ0) is 14.0. The Balaban J connectivity index is 0.000000297. The van der Waals surface area contributed by atoms with Crippen LogP contribution in [0.25, 0.3) is 11.1 Å². The predicted molar refractivity (Wildman–Crippen MR) is 76.0 cm³/mol. The molecule has 2 N–H and O–H groups in total. The summed E-state index contributed by atoms with van der Waals surface area (Å²) in [6, 6.07) is 8.72. The molecule has 3 heteroatoms. The summed E-state index contributed by atoms with van der Waals surface area (Å²) >= 11 is 0. The highest BCUT2D eigenvalue weighted by molar-refractivity contribution is 6.12. The van der Waals surface area contributed by atoms with Crippen molar-refractivity contribution in [3.63, 3.8) is 0 Å². The summed E-state index contributed by atoms with van der Waals surface area (Å²) in [5.74, 6) is 0. The zero-order valence-electron chi connectivity index (χ0n) is 11.0. The normalized spacial score (nSPS) is 14.7. The van der Waals surface area contributed by atoms with Gasteiger partial charge in [-0.05, 0) is 48.1 Å². The van der Waals surface area contributed by atoms with Gasteiger partial charge in [0.25, 0.3) is 0 Å². The molecular weight excluding hydrogens is 240 g/mol. The first kappa shape index (κ1) is 13.1. The van der Waals surface area contributed by atoms with E-state index in [1.165, 1.54) is 33.4 Å². The van der Waals surface area contributed by atoms with Crippen molar-refractivity contribution in [1.82, 2.24) is 0 Å². The lowest BCUT2D eigenvalue weighted by atomic mass is 9.72. The van der Waals surface area contributed by atoms with Crippen molar-refractivity contribution >= 4 is 17.3 Å². The standard InChI is InChI=1S/C15H14.CH2O3/c1-10(2)11-8-5-9-14-12-6-3-4-7-13(12)15(11)14;2-1(3)4/h3-8H,9H2,1-2H3;(H2,2,3,4). The third-order valence-corrected chi connectivity index (χ3v) is 3.24. The fourth-order valence-electron chi connectivity index (χ4n) is 2.51. The lowest BCUT2D eigenvalue weighted by Gasteiger charge is -2.31. The first-order chi connectivity index (χ1) is 9.02. The second-order valence-electron chi connectivity index (χ2n) is 4.70. The Labute approximate surface area is 112 Å². The number of hydrogen-bond donors (Lipinski definition) is 2. The molecule has 0 saturated heterocycles. The minimum Gasteiger partial charge on any atom is -0.450 e. The molecule has 0 saturated carbocycles. The van der Waals surface area contributed by atoms with Crippen LogP contribution >= 0.6 is 0 Å². The Morgan fingerprint density at radius 2 is 1.68 bits per heavy atom. The third kappa shape index (κ3) is 2.45. The predicted octanol–water partition coefficient (Wildman–Crippen LogP) is 4.43. The lowest BCUT2D eigenvalue weighted by molar-refractivity contribution is 0.137. The van der Waals surface area contributed by atoms with E-state index < -0.39 is 6.16 Å². The molecule has 19 heavy (non-hydrogen) atoms. The quantitative estimate of drug-likeness (QED) is 0.722. The van der Waals surface area contributed by atoms with Crippen LogP contribution in [-0.4, -0.2) is 16.4 Å². The second-order valence-corrected chi connectivity index (χ2v) is 4.70. The molecule has 98 valence electrons. The number of allylic oxidation sites excluding steroid dienone is 6. The highest BCUT2D eigenvalue weighted by Crippen LogP contribution is 2.49. The van der Waals surface area contributed by atoms with E-state index >= 15 is 0 Å². The van der Waals surface area contributed by atoms with Gasteiger partial charge in [0.1, 0.15) is 0 Å². The highest BCUT2D eigenvalue weighted by atomic mass is 16.6. The maximum atomic E-state index is 8.56. The van der Waals surface area contributed by atoms with E-state index in [2.05, 4.69) is 50.3 Å². The fourth-order valence-corrected chi connectivity index (χ4v) is 2.51. The Morgan fingerprint density at radius 3 is 2.26 bits per heavy atom. The number of rotatable bonds is 0. The smallest absolute Gasteiger partial charge is 0.450 e. The van der Waals surface area contributed by atoms with Gasteiger partial charge < -0.3 is 10.2 Å². The van der Waals surface area contributed by atoms with Gasteiger partial charge in [-0.2, -0.15) is 0 Å². The van der Waals surface area contributed by atoms with E-state index in [0.29, 0.717) is 0 Å². The molecule has 1 aromatic rings. The summed E-state index contributed by atoms with van der Waals surface area (Å²) in [6.45, 7) is 4.38. The summed E-state index contributed by atoms with van der Waals surface area (Å²) < 4.78 is 0. The SMILES string of the molecule is CC(C)=C1C=CCC2=C1c1ccccc12.O=C(O)O. The van der Waals surface area contributed by atoms with Crippen molar-refractivity contribution in [3.8, 4) is 0 Å². The van der Waals surface area contributed by atoms with Crippen LogP contribution in [-0.2, 0) is 0 Å². The van der Waals surface area contributed by atoms with E-state index in [1.807, 2.05) is 0 Å². The Hall–Kier alpha value is -2.29. The molecule has 0 fully saturated rings. The van der Waals surface area contributed by atoms with E-state index in [0.717, 1.165) is 6.42 Å². The Morgan fingerprint density at radius 1 is 1.11 bits per heavy atom. The molecular formula is C16H16O3. The minimum atomic E-state index is -1.83. The van der Waals surface area contributed by atoms with Crippen LogP contribution in [0, 0.1) is 0 Å². The number of fused-ring (bicyclic) bond motifs is 3. The average molecular weight is 256 g/mol. The van der Waals surface area contributed by atoms with Crippen LogP contribution in [0.2, 0.25) is 0 Å². The van der Waals surface area contributed by atoms with Gasteiger partial charge in [0.2, 0.25) is 0 Å². The van der Waals surface area contributed by atoms with Crippen molar-refractivity contribution < 1.29 is 15.0 Å². The molecule has 3 nitrogen and oxygen atoms in total. The highest BCUT2D eigenvalue weighted by Gasteiger charge is 2.28. The summed E-state index contributed by atoms with van der Waals surface area (Å²) in [6.07, 6.45) is 3.81. The monoisotopic (exact) mass is 256 g/mol. The van der Waals surface area contributed by atoms with Crippen molar-refractivity contribution in [1.29, 1.82) is 0 Å². The maximum Gasteiger partial charge on any atom is 0.503 e. The number of hydrogen-bond acceptors (Lipinski definition) is 1. The van der Waals surface area contributed by atoms with Crippen molar-refractivity contribution in [3.05, 3.63) is 58.7 Å². The van der Waals surface area contributed by atoms with Crippen LogP contribution in [0.3, 0.4) is 0 Å². The molecule has 1 aromatic carbocycles. The molecule has 0 unspecified atom stereocenters. The molecule has 0 atom stereocenters. The van der Waals surface area contributed by atoms with E-state index in [1.54, 1.807) is 0 Å². The van der Waals surface area contributed by atoms with Crippen LogP contribution < -0.4 is 0 Å². The average Bonchev–Trinajstić information content (AvgIpc) is 2.34. The number of carboxylic acid groups (broad SMARTS) is 2. The zero-order valence-corrected chi connectivity index (χ0v) is 11.0. The number of benzene rings is 1. The Bertz CT molecular complexity index is 611. The minimum absolute atomic E-state index is 1.10. The molecule has 0 spiro atoms. The maximum absolute atomic E-state index is 8.56. The molecule has 0 radical (unpaired) electrons. The molecule has 0 amide bonds. The van der Waals surface area contributed by atoms with Gasteiger partial charge >= 0.3 is 6.16 Å². The van der Waals surface area contributed by atoms with Crippen molar-refractivity contribution in [2.24, 2.45) is 0 Å². The molecule has 0 aromatic heterocycles. The third-order valence-electron chi connectivity index (χ3n) is 3.24. The van der Waals surface area contributed by atoms with Crippen LogP contribution in [0.5, 0.6) is 0 Å². The topological polar surface area (TPSA) is 57.5 Å². The van der Waals surface area contributed by atoms with Crippen molar-refractivity contribution in [2.45, 2.75) is 20.3 Å². The number of carbonyl (C=O) groups is 1. The van der Waals surface area contributed by atoms with Crippen LogP contribution in [0.15, 0.2) is 47.6 Å². The Kier molecular flexibility index (Phi) is 3.56. The summed E-state index contributed by atoms with van der Waals surface area (Å²) in [7, 11) is 0. The lowest BCUT2D eigenvalue weighted by Crippen LogP contribution is -2.10. The van der Waals surface area contributed by atoms with Gasteiger partial charge in [0, 0.05) is 0 Å². The van der Waals surface area contributed by atoms with E-state index in [-0.39, 0.29) is 0 Å². The summed E-state index contributed by atoms with van der Waals surface area (Å²) in [4.78, 5) is 8.56. The van der Waals surface area contributed by atoms with Gasteiger partial charge in [-0.1, -0.05) is 42.0 Å². The largest absolute Gasteiger partial charge is 0.503 e. The molecule has 2 aliphatic carbocycles. The molecule has 3 rings (SSSR count). The van der Waals surface area contributed by atoms with Gasteiger partial charge in [-0.25, -0.2) is 4.79 Å². The van der Waals surface area contributed by atoms with E-state index in [9.17, 15) is 0 Å². The summed E-state index contributed by atoms with van der Waals surface area (Å²) in [5, 5.41) is 13.9. The summed E-state index contributed by atoms with van der Waals surface area (Å²) in [5.41, 5.74) is 8.75. The fraction of sp³-hybridized carbons (Fsp3) is 0.188. The van der Waals surface area contributed by atoms with Crippen molar-refractivity contribution in [2.75, 3.05) is 0 Å². The van der Waals surface area contributed by atoms with Crippen LogP contribution in [0.4, 0.5) is 4.79 Å². The molecule has 2 aliphatic rings. The van der Waals surface area contributed by atoms with E-state index in [4.69, 9.17) is 15.0 Å². The molecule has 0 bridgehead atoms. The first-order valence-electron chi connectivity index (χ1n) is 6.11. The van der Waals surface area contributed by atoms with Gasteiger partial charge in [-0.15, -0.1) is 0 Å². The van der Waals surface area contributed by atoms with Gasteiger partial charge in [0.15, 0.2) is 0 Å². The molecule has 0 heterocycles. The first-order valence-corrected chi connectivity index (χ1v) is 6.11. The second kappa shape index (κ2) is 5.14. The van der Waals surface area contributed by atoms with Gasteiger partial charge in [-0.3, -0.25) is 0 Å². The van der Waals surface area contributed by atoms with Gasteiger partial charge in [0.05, 0.1) is 0 Å². The molecule has 0 aliphatic heterocycles.